The number of benzene rings is 1. The van der Waals surface area contributed by atoms with Gasteiger partial charge in [0.1, 0.15) is 16.6 Å². The lowest BCUT2D eigenvalue weighted by atomic mass is 10.2. The van der Waals surface area contributed by atoms with Crippen molar-refractivity contribution in [1.29, 1.82) is 0 Å². The molecule has 2 heterocycles. The molecular formula is C16H5Cl5F4N4O3. The van der Waals surface area contributed by atoms with Crippen LogP contribution in [0, 0.1) is 5.82 Å². The van der Waals surface area contributed by atoms with Gasteiger partial charge in [-0.1, -0.05) is 58.0 Å². The van der Waals surface area contributed by atoms with Gasteiger partial charge in [0.15, 0.2) is 10.8 Å². The minimum atomic E-state index is -5.12. The first-order valence-corrected chi connectivity index (χ1v) is 9.71. The maximum atomic E-state index is 14.5. The van der Waals surface area contributed by atoms with Crippen LogP contribution < -0.4 is 21.8 Å². The van der Waals surface area contributed by atoms with E-state index >= 15 is 0 Å². The van der Waals surface area contributed by atoms with Gasteiger partial charge in [-0.3, -0.25) is 4.79 Å². The van der Waals surface area contributed by atoms with E-state index in [0.29, 0.717) is 6.07 Å². The summed E-state index contributed by atoms with van der Waals surface area (Å²) in [5.41, 5.74) is -5.78. The summed E-state index contributed by atoms with van der Waals surface area (Å²) >= 11 is 29.4. The fraction of sp³-hybridized carbons (Fsp3) is 0.0625. The molecule has 16 heteroatoms. The van der Waals surface area contributed by atoms with E-state index in [4.69, 9.17) is 68.6 Å². The van der Waals surface area contributed by atoms with Gasteiger partial charge >= 0.3 is 11.9 Å². The molecular weight excluding hydrogens is 549 g/mol. The van der Waals surface area contributed by atoms with Crippen LogP contribution in [0.25, 0.3) is 5.69 Å². The molecule has 170 valence electrons. The zero-order valence-corrected chi connectivity index (χ0v) is 18.6. The van der Waals surface area contributed by atoms with E-state index < -0.39 is 46.3 Å². The molecule has 2 N–H and O–H groups in total. The molecule has 0 fully saturated rings. The van der Waals surface area contributed by atoms with Crippen molar-refractivity contribution in [3.8, 4) is 17.3 Å². The average Bonchev–Trinajstić information content (AvgIpc) is 2.69. The Bertz CT molecular complexity index is 1370. The van der Waals surface area contributed by atoms with E-state index in [2.05, 4.69) is 4.98 Å². The Kier molecular flexibility index (Phi) is 6.60. The van der Waals surface area contributed by atoms with Crippen molar-refractivity contribution in [3.63, 3.8) is 0 Å². The standard InChI is InChI=1S/C16H5Cl5F4N4O3/c17-4-1-5(22)6(28-9(30)3-8(16(23,24)25)29(26)15(28)31)2-7(4)32-14-12(20)10(18)11(19)13(21)27-14/h1-3H,26H2. The zero-order chi connectivity index (χ0) is 24.1. The van der Waals surface area contributed by atoms with Gasteiger partial charge in [0.05, 0.1) is 20.8 Å². The fourth-order valence-electron chi connectivity index (χ4n) is 2.40. The minimum absolute atomic E-state index is 0.0210. The van der Waals surface area contributed by atoms with Crippen LogP contribution in [-0.4, -0.2) is 14.2 Å². The highest BCUT2D eigenvalue weighted by atomic mass is 35.5. The first kappa shape index (κ1) is 24.5. The van der Waals surface area contributed by atoms with Crippen LogP contribution in [0.3, 0.4) is 0 Å². The lowest BCUT2D eigenvalue weighted by Crippen LogP contribution is -2.45. The van der Waals surface area contributed by atoms with Gasteiger partial charge in [-0.05, 0) is 6.07 Å². The van der Waals surface area contributed by atoms with Crippen LogP contribution in [-0.2, 0) is 6.18 Å². The Morgan fingerprint density at radius 3 is 2.19 bits per heavy atom. The van der Waals surface area contributed by atoms with Crippen molar-refractivity contribution in [1.82, 2.24) is 14.2 Å². The number of halogens is 9. The van der Waals surface area contributed by atoms with E-state index in [9.17, 15) is 27.2 Å². The van der Waals surface area contributed by atoms with Crippen LogP contribution >= 0.6 is 58.0 Å². The number of aromatic nitrogens is 3. The second-order valence-corrected chi connectivity index (χ2v) is 7.74. The molecule has 2 aromatic heterocycles. The Hall–Kier alpha value is -2.18. The number of alkyl halides is 3. The van der Waals surface area contributed by atoms with Crippen LogP contribution in [0.4, 0.5) is 17.6 Å². The van der Waals surface area contributed by atoms with E-state index in [1.165, 1.54) is 0 Å². The summed E-state index contributed by atoms with van der Waals surface area (Å²) in [6.07, 6.45) is -5.12. The van der Waals surface area contributed by atoms with Gasteiger partial charge in [0.2, 0.25) is 5.88 Å². The molecule has 3 rings (SSSR count). The van der Waals surface area contributed by atoms with Gasteiger partial charge in [-0.15, -0.1) is 0 Å². The van der Waals surface area contributed by atoms with Gasteiger partial charge in [0, 0.05) is 12.1 Å². The zero-order valence-electron chi connectivity index (χ0n) is 14.8. The van der Waals surface area contributed by atoms with Crippen molar-refractivity contribution >= 4 is 58.0 Å². The van der Waals surface area contributed by atoms with Gasteiger partial charge in [-0.2, -0.15) is 18.2 Å². The van der Waals surface area contributed by atoms with Crippen LogP contribution in [0.15, 0.2) is 27.8 Å². The lowest BCUT2D eigenvalue weighted by molar-refractivity contribution is -0.143. The predicted molar refractivity (Wildman–Crippen MR) is 111 cm³/mol. The van der Waals surface area contributed by atoms with Crippen molar-refractivity contribution in [2.24, 2.45) is 0 Å². The van der Waals surface area contributed by atoms with Gasteiger partial charge in [-0.25, -0.2) is 18.4 Å². The summed E-state index contributed by atoms with van der Waals surface area (Å²) < 4.78 is 58.5. The van der Waals surface area contributed by atoms with Crippen molar-refractivity contribution in [2.45, 2.75) is 6.18 Å². The van der Waals surface area contributed by atoms with Crippen molar-refractivity contribution in [3.05, 3.63) is 75.8 Å². The molecule has 0 aliphatic rings. The number of pyridine rings is 1. The maximum absolute atomic E-state index is 14.5. The first-order chi connectivity index (χ1) is 14.7. The van der Waals surface area contributed by atoms with Crippen molar-refractivity contribution in [2.75, 3.05) is 5.84 Å². The second-order valence-electron chi connectivity index (χ2n) is 5.84. The number of nitrogens with zero attached hydrogens (tertiary/aromatic N) is 3. The molecule has 0 aliphatic carbocycles. The molecule has 0 atom stereocenters. The molecule has 0 spiro atoms. The number of hydrogen-bond donors (Lipinski definition) is 1. The van der Waals surface area contributed by atoms with E-state index in [1.807, 2.05) is 0 Å². The SMILES string of the molecule is Nn1c(C(F)(F)F)cc(=O)n(-c2cc(Oc3nc(Cl)c(Cl)c(Cl)c3Cl)c(Cl)cc2F)c1=O. The summed E-state index contributed by atoms with van der Waals surface area (Å²) in [5.74, 6) is 3.06. The number of rotatable bonds is 3. The van der Waals surface area contributed by atoms with Gasteiger partial charge in [0.25, 0.3) is 5.56 Å². The number of nitrogen functional groups attached to an aromatic ring is 1. The maximum Gasteiger partial charge on any atom is 0.433 e. The average molecular weight is 554 g/mol. The fourth-order valence-corrected chi connectivity index (χ4v) is 3.34. The second kappa shape index (κ2) is 8.64. The minimum Gasteiger partial charge on any atom is -0.436 e. The van der Waals surface area contributed by atoms with Crippen LogP contribution in [0.2, 0.25) is 25.2 Å². The third kappa shape index (κ3) is 4.35. The Morgan fingerprint density at radius 1 is 0.969 bits per heavy atom. The molecule has 0 saturated heterocycles. The normalized spacial score (nSPS) is 11.7. The molecule has 7 nitrogen and oxygen atoms in total. The molecule has 32 heavy (non-hydrogen) atoms. The highest BCUT2D eigenvalue weighted by Gasteiger charge is 2.36. The topological polar surface area (TPSA) is 92.1 Å². The molecule has 0 unspecified atom stereocenters. The Morgan fingerprint density at radius 2 is 1.59 bits per heavy atom. The molecule has 0 radical (unpaired) electrons. The highest BCUT2D eigenvalue weighted by Crippen LogP contribution is 2.42. The molecule has 0 amide bonds. The van der Waals surface area contributed by atoms with E-state index in [1.54, 1.807) is 0 Å². The summed E-state index contributed by atoms with van der Waals surface area (Å²) in [6, 6.07) is 1.39. The van der Waals surface area contributed by atoms with Crippen molar-refractivity contribution < 1.29 is 22.3 Å². The molecule has 3 aromatic rings. The van der Waals surface area contributed by atoms with Crippen LogP contribution in [0.1, 0.15) is 5.69 Å². The third-order valence-corrected chi connectivity index (χ3v) is 5.79. The smallest absolute Gasteiger partial charge is 0.433 e. The monoisotopic (exact) mass is 552 g/mol. The van der Waals surface area contributed by atoms with E-state index in [0.717, 1.165) is 6.07 Å². The summed E-state index contributed by atoms with van der Waals surface area (Å²) in [7, 11) is 0. The molecule has 0 aliphatic heterocycles. The number of hydrogen-bond acceptors (Lipinski definition) is 5. The lowest BCUT2D eigenvalue weighted by Gasteiger charge is -2.15. The first-order valence-electron chi connectivity index (χ1n) is 7.82. The quantitative estimate of drug-likeness (QED) is 0.269. The largest absolute Gasteiger partial charge is 0.436 e. The summed E-state index contributed by atoms with van der Waals surface area (Å²) in [4.78, 5) is 28.3. The number of nitrogens with two attached hydrogens (primary N) is 1. The molecule has 0 saturated carbocycles. The third-order valence-electron chi connectivity index (χ3n) is 3.83. The van der Waals surface area contributed by atoms with E-state index in [-0.39, 0.29) is 40.6 Å². The highest BCUT2D eigenvalue weighted by molar-refractivity contribution is 6.51. The van der Waals surface area contributed by atoms with Crippen LogP contribution in [0.5, 0.6) is 11.6 Å². The van der Waals surface area contributed by atoms with Gasteiger partial charge < -0.3 is 10.6 Å². The Labute approximate surface area is 199 Å². The molecule has 0 bridgehead atoms. The Balaban J connectivity index is 2.21. The predicted octanol–water partition coefficient (Wildman–Crippen LogP) is 5.33. The summed E-state index contributed by atoms with van der Waals surface area (Å²) in [5, 5.41) is -1.42. The summed E-state index contributed by atoms with van der Waals surface area (Å²) in [6.45, 7) is 0. The number of ether oxygens (including phenoxy) is 1. The molecule has 1 aromatic carbocycles.